The summed E-state index contributed by atoms with van der Waals surface area (Å²) in [7, 11) is 1.69. The molecular weight excluding hydrogens is 434 g/mol. The van der Waals surface area contributed by atoms with Crippen molar-refractivity contribution in [2.24, 2.45) is 4.99 Å². The molecule has 8 heteroatoms. The Kier molecular flexibility index (Phi) is 8.37. The SMILES string of the molecule is CN=C(NCCOc1ccc(C(F)(F)F)cc1)NC1CC=CC1.I. The largest absolute Gasteiger partial charge is 0.492 e. The summed E-state index contributed by atoms with van der Waals surface area (Å²) in [5.74, 6) is 1.09. The molecule has 1 aromatic rings. The van der Waals surface area contributed by atoms with Crippen LogP contribution in [0.25, 0.3) is 0 Å². The first kappa shape index (κ1) is 20.6. The highest BCUT2D eigenvalue weighted by molar-refractivity contribution is 14.0. The van der Waals surface area contributed by atoms with E-state index in [0.29, 0.717) is 30.9 Å². The minimum atomic E-state index is -4.33. The number of halogens is 4. The van der Waals surface area contributed by atoms with Crippen LogP contribution >= 0.6 is 24.0 Å². The lowest BCUT2D eigenvalue weighted by Gasteiger charge is -2.17. The van der Waals surface area contributed by atoms with Crippen molar-refractivity contribution in [3.63, 3.8) is 0 Å². The Morgan fingerprint density at radius 3 is 2.38 bits per heavy atom. The molecule has 0 aliphatic heterocycles. The first-order valence-corrected chi connectivity index (χ1v) is 7.41. The molecule has 0 radical (unpaired) electrons. The van der Waals surface area contributed by atoms with Crippen molar-refractivity contribution in [3.05, 3.63) is 42.0 Å². The van der Waals surface area contributed by atoms with Gasteiger partial charge >= 0.3 is 6.18 Å². The molecule has 24 heavy (non-hydrogen) atoms. The number of guanidine groups is 1. The van der Waals surface area contributed by atoms with Gasteiger partial charge in [-0.25, -0.2) is 0 Å². The number of hydrogen-bond donors (Lipinski definition) is 2. The zero-order chi connectivity index (χ0) is 16.7. The normalized spacial score (nSPS) is 15.1. The van der Waals surface area contributed by atoms with Gasteiger partial charge in [0.25, 0.3) is 0 Å². The van der Waals surface area contributed by atoms with Crippen LogP contribution in [0, 0.1) is 0 Å². The second kappa shape index (κ2) is 9.75. The Morgan fingerprint density at radius 1 is 1.21 bits per heavy atom. The fraction of sp³-hybridized carbons (Fsp3) is 0.438. The van der Waals surface area contributed by atoms with Crippen LogP contribution in [0.3, 0.4) is 0 Å². The van der Waals surface area contributed by atoms with Crippen LogP contribution < -0.4 is 15.4 Å². The molecule has 0 spiro atoms. The smallest absolute Gasteiger partial charge is 0.416 e. The van der Waals surface area contributed by atoms with E-state index in [-0.39, 0.29) is 24.0 Å². The third-order valence-electron chi connectivity index (χ3n) is 3.42. The van der Waals surface area contributed by atoms with Crippen molar-refractivity contribution < 1.29 is 17.9 Å². The maximum atomic E-state index is 12.4. The fourth-order valence-electron chi connectivity index (χ4n) is 2.20. The Morgan fingerprint density at radius 2 is 1.83 bits per heavy atom. The van der Waals surface area contributed by atoms with Crippen molar-refractivity contribution in [1.29, 1.82) is 0 Å². The minimum absolute atomic E-state index is 0. The number of rotatable bonds is 5. The van der Waals surface area contributed by atoms with Gasteiger partial charge in [-0.15, -0.1) is 24.0 Å². The van der Waals surface area contributed by atoms with E-state index in [4.69, 9.17) is 4.74 Å². The van der Waals surface area contributed by atoms with Gasteiger partial charge in [0.15, 0.2) is 5.96 Å². The molecule has 4 nitrogen and oxygen atoms in total. The van der Waals surface area contributed by atoms with Crippen molar-refractivity contribution in [2.75, 3.05) is 20.2 Å². The summed E-state index contributed by atoms with van der Waals surface area (Å²) in [6, 6.07) is 5.02. The molecule has 1 aliphatic carbocycles. The molecule has 0 saturated heterocycles. The predicted octanol–water partition coefficient (Wildman–Crippen LogP) is 3.59. The maximum absolute atomic E-state index is 12.4. The Bertz CT molecular complexity index is 551. The van der Waals surface area contributed by atoms with E-state index in [1.807, 2.05) is 0 Å². The third-order valence-corrected chi connectivity index (χ3v) is 3.42. The van der Waals surface area contributed by atoms with Crippen molar-refractivity contribution >= 4 is 29.9 Å². The molecular formula is C16H21F3IN3O. The van der Waals surface area contributed by atoms with E-state index < -0.39 is 11.7 Å². The van der Waals surface area contributed by atoms with Gasteiger partial charge in [0, 0.05) is 13.1 Å². The molecule has 0 heterocycles. The van der Waals surface area contributed by atoms with E-state index in [1.54, 1.807) is 7.05 Å². The van der Waals surface area contributed by atoms with E-state index in [1.165, 1.54) is 12.1 Å². The Labute approximate surface area is 156 Å². The molecule has 0 aromatic heterocycles. The van der Waals surface area contributed by atoms with E-state index in [0.717, 1.165) is 25.0 Å². The van der Waals surface area contributed by atoms with Crippen LogP contribution in [0.15, 0.2) is 41.4 Å². The molecule has 0 saturated carbocycles. The summed E-state index contributed by atoms with van der Waals surface area (Å²) in [5, 5.41) is 6.39. The van der Waals surface area contributed by atoms with Crippen molar-refractivity contribution in [3.8, 4) is 5.75 Å². The average Bonchev–Trinajstić information content (AvgIpc) is 3.03. The second-order valence-electron chi connectivity index (χ2n) is 5.15. The molecule has 2 rings (SSSR count). The zero-order valence-electron chi connectivity index (χ0n) is 13.3. The van der Waals surface area contributed by atoms with Gasteiger partial charge in [-0.2, -0.15) is 13.2 Å². The molecule has 0 amide bonds. The lowest BCUT2D eigenvalue weighted by atomic mass is 10.2. The van der Waals surface area contributed by atoms with Crippen molar-refractivity contribution in [2.45, 2.75) is 25.1 Å². The number of benzene rings is 1. The Balaban J connectivity index is 0.00000288. The van der Waals surface area contributed by atoms with E-state index >= 15 is 0 Å². The van der Waals surface area contributed by atoms with Crippen LogP contribution in [0.4, 0.5) is 13.2 Å². The topological polar surface area (TPSA) is 45.7 Å². The molecule has 2 N–H and O–H groups in total. The van der Waals surface area contributed by atoms with Gasteiger partial charge in [0.05, 0.1) is 12.1 Å². The Hall–Kier alpha value is -1.45. The summed E-state index contributed by atoms with van der Waals surface area (Å²) in [5.41, 5.74) is -0.683. The van der Waals surface area contributed by atoms with E-state index in [2.05, 4.69) is 27.8 Å². The number of alkyl halides is 3. The molecule has 1 aromatic carbocycles. The molecule has 0 fully saturated rings. The third kappa shape index (κ3) is 6.58. The summed E-state index contributed by atoms with van der Waals surface area (Å²) >= 11 is 0. The van der Waals surface area contributed by atoms with Gasteiger partial charge in [0.2, 0.25) is 0 Å². The van der Waals surface area contributed by atoms with Crippen LogP contribution in [-0.4, -0.2) is 32.2 Å². The average molecular weight is 455 g/mol. The molecule has 0 unspecified atom stereocenters. The van der Waals surface area contributed by atoms with Gasteiger partial charge in [-0.1, -0.05) is 12.2 Å². The highest BCUT2D eigenvalue weighted by Crippen LogP contribution is 2.30. The van der Waals surface area contributed by atoms with Crippen LogP contribution in [0.5, 0.6) is 5.75 Å². The number of hydrogen-bond acceptors (Lipinski definition) is 2. The summed E-state index contributed by atoms with van der Waals surface area (Å²) in [6.45, 7) is 0.829. The first-order chi connectivity index (χ1) is 11.0. The number of aliphatic imine (C=N–C) groups is 1. The summed E-state index contributed by atoms with van der Waals surface area (Å²) in [6.07, 6.45) is 1.87. The second-order valence-corrected chi connectivity index (χ2v) is 5.15. The van der Waals surface area contributed by atoms with Gasteiger partial charge in [0.1, 0.15) is 12.4 Å². The molecule has 134 valence electrons. The first-order valence-electron chi connectivity index (χ1n) is 7.41. The maximum Gasteiger partial charge on any atom is 0.416 e. The standard InChI is InChI=1S/C16H20F3N3O.HI/c1-20-15(22-13-4-2-3-5-13)21-10-11-23-14-8-6-12(7-9-14)16(17,18)19;/h2-3,6-9,13H,4-5,10-11H2,1H3,(H2,20,21,22);1H. The zero-order valence-corrected chi connectivity index (χ0v) is 15.6. The molecule has 0 atom stereocenters. The monoisotopic (exact) mass is 455 g/mol. The van der Waals surface area contributed by atoms with E-state index in [9.17, 15) is 13.2 Å². The summed E-state index contributed by atoms with van der Waals surface area (Å²) < 4.78 is 42.8. The highest BCUT2D eigenvalue weighted by atomic mass is 127. The number of nitrogens with one attached hydrogen (secondary N) is 2. The predicted molar refractivity (Wildman–Crippen MR) is 99.0 cm³/mol. The van der Waals surface area contributed by atoms with Crippen LogP contribution in [0.2, 0.25) is 0 Å². The highest BCUT2D eigenvalue weighted by Gasteiger charge is 2.29. The lowest BCUT2D eigenvalue weighted by Crippen LogP contribution is -2.43. The fourth-order valence-corrected chi connectivity index (χ4v) is 2.20. The van der Waals surface area contributed by atoms with Crippen LogP contribution in [-0.2, 0) is 6.18 Å². The van der Waals surface area contributed by atoms with Gasteiger partial charge in [-0.05, 0) is 37.1 Å². The number of nitrogens with zero attached hydrogens (tertiary/aromatic N) is 1. The molecule has 0 bridgehead atoms. The van der Waals surface area contributed by atoms with Crippen LogP contribution in [0.1, 0.15) is 18.4 Å². The van der Waals surface area contributed by atoms with Gasteiger partial charge < -0.3 is 15.4 Å². The van der Waals surface area contributed by atoms with Crippen molar-refractivity contribution in [1.82, 2.24) is 10.6 Å². The minimum Gasteiger partial charge on any atom is -0.492 e. The lowest BCUT2D eigenvalue weighted by molar-refractivity contribution is -0.137. The summed E-state index contributed by atoms with van der Waals surface area (Å²) in [4.78, 5) is 4.12. The molecule has 1 aliphatic rings. The number of ether oxygens (including phenoxy) is 1. The quantitative estimate of drug-likeness (QED) is 0.235. The van der Waals surface area contributed by atoms with Gasteiger partial charge in [-0.3, -0.25) is 4.99 Å².